The maximum Gasteiger partial charge on any atom is 0.317 e. The van der Waals surface area contributed by atoms with Crippen LogP contribution in [0.15, 0.2) is 48.5 Å². The molecule has 0 radical (unpaired) electrons. The Bertz CT molecular complexity index is 1170. The number of hydrogen-bond acceptors (Lipinski definition) is 4. The number of urea groups is 1. The Labute approximate surface area is 198 Å². The number of likely N-dealkylation sites (tertiary alicyclic amines) is 1. The molecule has 0 atom stereocenters. The number of piperidine rings is 1. The molecule has 2 aliphatic rings. The molecule has 8 heteroatoms. The largest absolute Gasteiger partial charge is 0.378 e. The van der Waals surface area contributed by atoms with E-state index in [4.69, 9.17) is 4.74 Å². The van der Waals surface area contributed by atoms with Crippen LogP contribution >= 0.6 is 0 Å². The van der Waals surface area contributed by atoms with Crippen molar-refractivity contribution in [1.29, 1.82) is 0 Å². The fourth-order valence-corrected chi connectivity index (χ4v) is 4.47. The third-order valence-corrected chi connectivity index (χ3v) is 6.50. The summed E-state index contributed by atoms with van der Waals surface area (Å²) in [5.41, 5.74) is 3.58. The Balaban J connectivity index is 1.14. The topological polar surface area (TPSA) is 90.6 Å². The molecule has 34 heavy (non-hydrogen) atoms. The van der Waals surface area contributed by atoms with Gasteiger partial charge in [-0.05, 0) is 42.7 Å². The summed E-state index contributed by atoms with van der Waals surface area (Å²) in [7, 11) is 0. The fraction of sp³-hybridized carbons (Fsp3) is 0.346. The standard InChI is InChI=1S/C26H29N5O3/c32-25(30-13-11-21(12-14-30)27-26(33)31-15-17-34-18-16-31)20-8-5-19(6-9-20)7-10-24-22-3-1-2-4-23(22)28-29-24/h1-10,21H,11-18H2,(H,27,33)(H,28,29). The molecule has 5 rings (SSSR count). The molecular weight excluding hydrogens is 430 g/mol. The maximum atomic E-state index is 13.0. The van der Waals surface area contributed by atoms with Gasteiger partial charge < -0.3 is 19.9 Å². The van der Waals surface area contributed by atoms with Gasteiger partial charge in [-0.3, -0.25) is 9.89 Å². The average molecular weight is 460 g/mol. The Morgan fingerprint density at radius 2 is 1.68 bits per heavy atom. The first-order chi connectivity index (χ1) is 16.7. The van der Waals surface area contributed by atoms with Crippen LogP contribution in [0.5, 0.6) is 0 Å². The quantitative estimate of drug-likeness (QED) is 0.626. The second kappa shape index (κ2) is 10.1. The van der Waals surface area contributed by atoms with E-state index < -0.39 is 0 Å². The van der Waals surface area contributed by atoms with E-state index in [1.807, 2.05) is 65.6 Å². The normalized spacial score (nSPS) is 17.4. The number of hydrogen-bond donors (Lipinski definition) is 2. The van der Waals surface area contributed by atoms with Crippen LogP contribution in [0.25, 0.3) is 23.1 Å². The van der Waals surface area contributed by atoms with Gasteiger partial charge in [0.15, 0.2) is 0 Å². The molecule has 0 unspecified atom stereocenters. The summed E-state index contributed by atoms with van der Waals surface area (Å²) >= 11 is 0. The molecule has 3 heterocycles. The molecule has 0 aliphatic carbocycles. The number of rotatable bonds is 4. The molecule has 2 saturated heterocycles. The van der Waals surface area contributed by atoms with Crippen LogP contribution in [0.2, 0.25) is 0 Å². The van der Waals surface area contributed by atoms with Gasteiger partial charge in [0.1, 0.15) is 0 Å². The van der Waals surface area contributed by atoms with Crippen molar-refractivity contribution in [2.75, 3.05) is 39.4 Å². The van der Waals surface area contributed by atoms with E-state index in [-0.39, 0.29) is 18.0 Å². The predicted octanol–water partition coefficient (Wildman–Crippen LogP) is 3.38. The van der Waals surface area contributed by atoms with E-state index in [1.54, 1.807) is 4.90 Å². The summed E-state index contributed by atoms with van der Waals surface area (Å²) in [4.78, 5) is 29.0. The molecule has 3 amide bonds. The Hall–Kier alpha value is -3.65. The smallest absolute Gasteiger partial charge is 0.317 e. The molecule has 2 aliphatic heterocycles. The number of para-hydroxylation sites is 1. The number of morpholine rings is 1. The van der Waals surface area contributed by atoms with Crippen LogP contribution in [0.4, 0.5) is 4.79 Å². The Morgan fingerprint density at radius 3 is 2.44 bits per heavy atom. The highest BCUT2D eigenvalue weighted by molar-refractivity contribution is 5.95. The molecule has 0 bridgehead atoms. The van der Waals surface area contributed by atoms with Gasteiger partial charge in [0.2, 0.25) is 0 Å². The first-order valence-electron chi connectivity index (χ1n) is 11.8. The van der Waals surface area contributed by atoms with E-state index in [1.165, 1.54) is 0 Å². The summed E-state index contributed by atoms with van der Waals surface area (Å²) in [6.45, 7) is 3.73. The molecular formula is C26H29N5O3. The molecule has 3 aromatic rings. The van der Waals surface area contributed by atoms with E-state index in [0.717, 1.165) is 35.0 Å². The Kier molecular flexibility index (Phi) is 6.58. The average Bonchev–Trinajstić information content (AvgIpc) is 3.31. The third-order valence-electron chi connectivity index (χ3n) is 6.50. The van der Waals surface area contributed by atoms with Crippen molar-refractivity contribution in [3.63, 3.8) is 0 Å². The van der Waals surface area contributed by atoms with Crippen LogP contribution in [-0.4, -0.2) is 77.4 Å². The molecule has 0 spiro atoms. The zero-order chi connectivity index (χ0) is 23.3. The number of benzene rings is 2. The van der Waals surface area contributed by atoms with Gasteiger partial charge in [-0.1, -0.05) is 36.4 Å². The SMILES string of the molecule is O=C(NC1CCN(C(=O)c2ccc(C=Cc3n[nH]c4ccccc34)cc2)CC1)N1CCOCC1. The summed E-state index contributed by atoms with van der Waals surface area (Å²) in [6, 6.07) is 15.7. The number of nitrogens with zero attached hydrogens (tertiary/aromatic N) is 3. The van der Waals surface area contributed by atoms with Crippen molar-refractivity contribution >= 4 is 35.0 Å². The summed E-state index contributed by atoms with van der Waals surface area (Å²) in [6.07, 6.45) is 5.51. The monoisotopic (exact) mass is 459 g/mol. The highest BCUT2D eigenvalue weighted by Crippen LogP contribution is 2.19. The second-order valence-corrected chi connectivity index (χ2v) is 8.73. The minimum atomic E-state index is -0.0282. The van der Waals surface area contributed by atoms with E-state index in [0.29, 0.717) is 45.0 Å². The van der Waals surface area contributed by atoms with Gasteiger partial charge in [0, 0.05) is 43.2 Å². The Morgan fingerprint density at radius 1 is 0.941 bits per heavy atom. The van der Waals surface area contributed by atoms with E-state index >= 15 is 0 Å². The fourth-order valence-electron chi connectivity index (χ4n) is 4.47. The molecule has 2 aromatic carbocycles. The van der Waals surface area contributed by atoms with Gasteiger partial charge in [-0.25, -0.2) is 4.79 Å². The van der Waals surface area contributed by atoms with Crippen molar-refractivity contribution in [2.45, 2.75) is 18.9 Å². The van der Waals surface area contributed by atoms with Crippen LogP contribution in [0, 0.1) is 0 Å². The number of aromatic amines is 1. The minimum absolute atomic E-state index is 0.0282. The van der Waals surface area contributed by atoms with Crippen molar-refractivity contribution in [1.82, 2.24) is 25.3 Å². The zero-order valence-corrected chi connectivity index (χ0v) is 19.1. The van der Waals surface area contributed by atoms with Crippen LogP contribution in [-0.2, 0) is 4.74 Å². The molecule has 2 fully saturated rings. The van der Waals surface area contributed by atoms with Crippen molar-refractivity contribution < 1.29 is 14.3 Å². The minimum Gasteiger partial charge on any atom is -0.378 e. The van der Waals surface area contributed by atoms with Gasteiger partial charge in [0.25, 0.3) is 5.91 Å². The van der Waals surface area contributed by atoms with Crippen LogP contribution in [0.1, 0.15) is 34.5 Å². The summed E-state index contributed by atoms with van der Waals surface area (Å²) < 4.78 is 5.30. The highest BCUT2D eigenvalue weighted by Gasteiger charge is 2.26. The van der Waals surface area contributed by atoms with E-state index in [9.17, 15) is 9.59 Å². The van der Waals surface area contributed by atoms with E-state index in [2.05, 4.69) is 15.5 Å². The second-order valence-electron chi connectivity index (χ2n) is 8.73. The van der Waals surface area contributed by atoms with Gasteiger partial charge >= 0.3 is 6.03 Å². The zero-order valence-electron chi connectivity index (χ0n) is 19.1. The first kappa shape index (κ1) is 22.2. The molecule has 1 aromatic heterocycles. The van der Waals surface area contributed by atoms with Gasteiger partial charge in [0.05, 0.1) is 24.4 Å². The number of ether oxygens (including phenoxy) is 1. The van der Waals surface area contributed by atoms with Gasteiger partial charge in [-0.2, -0.15) is 5.10 Å². The van der Waals surface area contributed by atoms with Crippen LogP contribution < -0.4 is 5.32 Å². The lowest BCUT2D eigenvalue weighted by atomic mass is 10.0. The molecule has 2 N–H and O–H groups in total. The highest BCUT2D eigenvalue weighted by atomic mass is 16.5. The van der Waals surface area contributed by atoms with Crippen molar-refractivity contribution in [3.05, 3.63) is 65.4 Å². The first-order valence-corrected chi connectivity index (χ1v) is 11.8. The predicted molar refractivity (Wildman–Crippen MR) is 131 cm³/mol. The maximum absolute atomic E-state index is 13.0. The number of amides is 3. The lowest BCUT2D eigenvalue weighted by molar-refractivity contribution is 0.0512. The molecule has 8 nitrogen and oxygen atoms in total. The summed E-state index contributed by atoms with van der Waals surface area (Å²) in [5.74, 6) is 0.0341. The third kappa shape index (κ3) is 4.97. The number of nitrogens with one attached hydrogen (secondary N) is 2. The number of fused-ring (bicyclic) bond motifs is 1. The lowest BCUT2D eigenvalue weighted by Gasteiger charge is -2.34. The lowest BCUT2D eigenvalue weighted by Crippen LogP contribution is -2.52. The molecule has 0 saturated carbocycles. The van der Waals surface area contributed by atoms with Crippen molar-refractivity contribution in [3.8, 4) is 0 Å². The number of aromatic nitrogens is 2. The van der Waals surface area contributed by atoms with Crippen molar-refractivity contribution in [2.24, 2.45) is 0 Å². The van der Waals surface area contributed by atoms with Gasteiger partial charge in [-0.15, -0.1) is 0 Å². The van der Waals surface area contributed by atoms with Crippen LogP contribution in [0.3, 0.4) is 0 Å². The molecule has 176 valence electrons. The number of H-pyrrole nitrogens is 1. The summed E-state index contributed by atoms with van der Waals surface area (Å²) in [5, 5.41) is 11.6. The number of carbonyl (C=O) groups is 2. The number of carbonyl (C=O) groups excluding carboxylic acids is 2.